The van der Waals surface area contributed by atoms with Gasteiger partial charge in [0.15, 0.2) is 11.9 Å². The van der Waals surface area contributed by atoms with Crippen molar-refractivity contribution in [3.63, 3.8) is 0 Å². The zero-order chi connectivity index (χ0) is 25.8. The van der Waals surface area contributed by atoms with Crippen LogP contribution in [-0.4, -0.2) is 55.8 Å². The molecule has 0 unspecified atom stereocenters. The van der Waals surface area contributed by atoms with E-state index in [-0.39, 0.29) is 28.1 Å². The van der Waals surface area contributed by atoms with E-state index in [1.54, 1.807) is 0 Å². The number of aliphatic hydroxyl groups excluding tert-OH is 1. The summed E-state index contributed by atoms with van der Waals surface area (Å²) in [4.78, 5) is 18.6. The summed E-state index contributed by atoms with van der Waals surface area (Å²) in [5.74, 6) is -0.574. The lowest BCUT2D eigenvalue weighted by atomic mass is 9.96. The van der Waals surface area contributed by atoms with Crippen molar-refractivity contribution in [2.75, 3.05) is 18.9 Å². The number of aliphatic hydroxyl groups is 2. The van der Waals surface area contributed by atoms with Gasteiger partial charge in [-0.15, -0.1) is 0 Å². The van der Waals surface area contributed by atoms with Crippen LogP contribution in [0, 0.1) is 5.82 Å². The Morgan fingerprint density at radius 2 is 2.22 bits per heavy atom. The summed E-state index contributed by atoms with van der Waals surface area (Å²) in [5.41, 5.74) is 4.07. The fourth-order valence-corrected chi connectivity index (χ4v) is 6.10. The molecule has 2 aromatic heterocycles. The molecule has 0 aliphatic carbocycles. The number of benzene rings is 1. The van der Waals surface area contributed by atoms with Gasteiger partial charge in [-0.1, -0.05) is 6.07 Å². The number of nitrogens with two attached hydrogens (primary N) is 1. The lowest BCUT2D eigenvalue weighted by Crippen LogP contribution is -2.44. The second kappa shape index (κ2) is 9.30. The zero-order valence-corrected chi connectivity index (χ0v) is 21.3. The summed E-state index contributed by atoms with van der Waals surface area (Å²) in [6, 6.07) is 5.77. The second-order valence-corrected chi connectivity index (χ2v) is 11.2. The first-order chi connectivity index (χ1) is 17.0. The number of fused-ring (bicyclic) bond motifs is 1. The standard InChI is InChI=1S/C21H23BrFN4O8P/c1-21(30)16(28)15(34-19(21)27-6-4-11-17(27)25-20(24)26-18(11)29)9-33-36(31)32-7-5-14(35-36)10-2-3-13(23)12(22)8-10/h2-4,6,8,14-16,19,28,30H,5,7,9H2,1H3,(H3,24,25,26,29)/t14-,15+,16+,19+,21+,36+/m0/s1. The first-order valence-electron chi connectivity index (χ1n) is 10.9. The molecule has 12 nitrogen and oxygen atoms in total. The number of H-pyrrole nitrogens is 1. The maximum absolute atomic E-state index is 13.6. The number of anilines is 1. The van der Waals surface area contributed by atoms with E-state index in [0.717, 1.165) is 0 Å². The Balaban J connectivity index is 1.32. The number of nitrogens with one attached hydrogen (secondary N) is 1. The van der Waals surface area contributed by atoms with E-state index < -0.39 is 55.9 Å². The van der Waals surface area contributed by atoms with Crippen molar-refractivity contribution in [1.29, 1.82) is 0 Å². The fourth-order valence-electron chi connectivity index (χ4n) is 4.31. The Bertz CT molecular complexity index is 1410. The molecule has 0 amide bonds. The molecule has 15 heteroatoms. The Morgan fingerprint density at radius 1 is 1.44 bits per heavy atom. The van der Waals surface area contributed by atoms with Crippen LogP contribution in [0.15, 0.2) is 39.7 Å². The van der Waals surface area contributed by atoms with Gasteiger partial charge in [0.2, 0.25) is 5.95 Å². The van der Waals surface area contributed by atoms with Crippen molar-refractivity contribution in [2.24, 2.45) is 0 Å². The maximum Gasteiger partial charge on any atom is 0.475 e. The maximum atomic E-state index is 13.6. The fraction of sp³-hybridized carbons (Fsp3) is 0.429. The van der Waals surface area contributed by atoms with E-state index in [0.29, 0.717) is 12.0 Å². The highest BCUT2D eigenvalue weighted by molar-refractivity contribution is 9.10. The van der Waals surface area contributed by atoms with Crippen molar-refractivity contribution >= 4 is 40.7 Å². The van der Waals surface area contributed by atoms with Crippen molar-refractivity contribution in [3.05, 3.63) is 56.7 Å². The van der Waals surface area contributed by atoms with Gasteiger partial charge in [0.25, 0.3) is 5.56 Å². The van der Waals surface area contributed by atoms with Crippen molar-refractivity contribution < 1.29 is 37.5 Å². The summed E-state index contributed by atoms with van der Waals surface area (Å²) >= 11 is 3.12. The van der Waals surface area contributed by atoms with Gasteiger partial charge in [-0.05, 0) is 46.6 Å². The number of hydrogen-bond acceptors (Lipinski definition) is 10. The number of phosphoric acid groups is 1. The Kier molecular flexibility index (Phi) is 6.58. The molecule has 0 saturated carbocycles. The number of aromatic nitrogens is 3. The molecule has 2 fully saturated rings. The number of hydrogen-bond donors (Lipinski definition) is 4. The van der Waals surface area contributed by atoms with Crippen LogP contribution in [0.25, 0.3) is 11.0 Å². The van der Waals surface area contributed by atoms with Crippen LogP contribution in [0.3, 0.4) is 0 Å². The van der Waals surface area contributed by atoms with Gasteiger partial charge in [0, 0.05) is 12.6 Å². The molecule has 5 rings (SSSR count). The van der Waals surface area contributed by atoms with Crippen molar-refractivity contribution in [2.45, 2.75) is 43.5 Å². The predicted molar refractivity (Wildman–Crippen MR) is 127 cm³/mol. The molecule has 2 saturated heterocycles. The molecule has 4 heterocycles. The SMILES string of the molecule is C[C@@]1(O)[C@H](O)[C@@H](CO[P@@]2(=O)OCC[C@@H](c3ccc(F)c(Br)c3)O2)O[C@H]1n1ccc2c(=O)[nH]c(N)nc21. The van der Waals surface area contributed by atoms with Crippen LogP contribution in [0.2, 0.25) is 0 Å². The van der Waals surface area contributed by atoms with Gasteiger partial charge >= 0.3 is 7.82 Å². The second-order valence-electron chi connectivity index (χ2n) is 8.74. The van der Waals surface area contributed by atoms with Gasteiger partial charge in [0.1, 0.15) is 23.6 Å². The largest absolute Gasteiger partial charge is 0.475 e. The number of halogens is 2. The van der Waals surface area contributed by atoms with E-state index in [4.69, 9.17) is 24.0 Å². The molecular formula is C21H23BrFN4O8P. The van der Waals surface area contributed by atoms with E-state index >= 15 is 0 Å². The molecule has 6 atom stereocenters. The van der Waals surface area contributed by atoms with Gasteiger partial charge < -0.3 is 25.3 Å². The number of nitrogens with zero attached hydrogens (tertiary/aromatic N) is 2. The van der Waals surface area contributed by atoms with Gasteiger partial charge in [-0.3, -0.25) is 23.3 Å². The Morgan fingerprint density at radius 3 is 2.97 bits per heavy atom. The predicted octanol–water partition coefficient (Wildman–Crippen LogP) is 2.52. The molecule has 2 aliphatic rings. The molecule has 0 radical (unpaired) electrons. The lowest BCUT2D eigenvalue weighted by molar-refractivity contribution is -0.0950. The molecule has 3 aromatic rings. The molecule has 0 spiro atoms. The molecular weight excluding hydrogens is 566 g/mol. The highest BCUT2D eigenvalue weighted by Crippen LogP contribution is 2.57. The third-order valence-corrected chi connectivity index (χ3v) is 8.29. The van der Waals surface area contributed by atoms with E-state index in [1.165, 1.54) is 42.0 Å². The van der Waals surface area contributed by atoms with Crippen LogP contribution in [0.5, 0.6) is 0 Å². The minimum Gasteiger partial charge on any atom is -0.387 e. The molecule has 36 heavy (non-hydrogen) atoms. The molecule has 5 N–H and O–H groups in total. The molecule has 0 bridgehead atoms. The van der Waals surface area contributed by atoms with Crippen LogP contribution in [-0.2, 0) is 22.9 Å². The topological polar surface area (TPSA) is 171 Å². The van der Waals surface area contributed by atoms with E-state index in [2.05, 4.69) is 25.9 Å². The summed E-state index contributed by atoms with van der Waals surface area (Å²) in [6.45, 7) is 0.964. The summed E-state index contributed by atoms with van der Waals surface area (Å²) < 4.78 is 50.5. The van der Waals surface area contributed by atoms with Crippen LogP contribution >= 0.6 is 23.8 Å². The zero-order valence-electron chi connectivity index (χ0n) is 18.8. The summed E-state index contributed by atoms with van der Waals surface area (Å²) in [7, 11) is -4.08. The monoisotopic (exact) mass is 588 g/mol. The number of rotatable bonds is 5. The number of phosphoric ester groups is 1. The summed E-state index contributed by atoms with van der Waals surface area (Å²) in [5, 5.41) is 22.0. The minimum atomic E-state index is -4.08. The van der Waals surface area contributed by atoms with Gasteiger partial charge in [-0.2, -0.15) is 4.98 Å². The number of nitrogen functional groups attached to an aromatic ring is 1. The Hall–Kier alpha value is -2.16. The average Bonchev–Trinajstić information content (AvgIpc) is 3.33. The number of aromatic amines is 1. The third-order valence-electron chi connectivity index (χ3n) is 6.21. The van der Waals surface area contributed by atoms with Crippen molar-refractivity contribution in [3.8, 4) is 0 Å². The molecule has 194 valence electrons. The van der Waals surface area contributed by atoms with Crippen LogP contribution in [0.4, 0.5) is 10.3 Å². The smallest absolute Gasteiger partial charge is 0.387 e. The third kappa shape index (κ3) is 4.52. The Labute approximate surface area is 211 Å². The van der Waals surface area contributed by atoms with Crippen LogP contribution < -0.4 is 11.3 Å². The van der Waals surface area contributed by atoms with E-state index in [1.807, 2.05) is 0 Å². The average molecular weight is 589 g/mol. The molecule has 2 aliphatic heterocycles. The quantitative estimate of drug-likeness (QED) is 0.324. The summed E-state index contributed by atoms with van der Waals surface area (Å²) in [6.07, 6.45) is -2.62. The highest BCUT2D eigenvalue weighted by atomic mass is 79.9. The van der Waals surface area contributed by atoms with Crippen LogP contribution in [0.1, 0.15) is 31.2 Å². The molecule has 1 aromatic carbocycles. The van der Waals surface area contributed by atoms with Crippen molar-refractivity contribution in [1.82, 2.24) is 14.5 Å². The minimum absolute atomic E-state index is 0.0579. The highest BCUT2D eigenvalue weighted by Gasteiger charge is 2.54. The van der Waals surface area contributed by atoms with Gasteiger partial charge in [-0.25, -0.2) is 8.96 Å². The first-order valence-corrected chi connectivity index (χ1v) is 13.2. The lowest BCUT2D eigenvalue weighted by Gasteiger charge is -2.30. The first kappa shape index (κ1) is 25.5. The van der Waals surface area contributed by atoms with Gasteiger partial charge in [0.05, 0.1) is 29.2 Å². The van der Waals surface area contributed by atoms with E-state index in [9.17, 15) is 24.0 Å². The normalized spacial score (nSPS) is 32.8. The number of ether oxygens (including phenoxy) is 1.